The lowest BCUT2D eigenvalue weighted by Crippen LogP contribution is -2.48. The van der Waals surface area contributed by atoms with Gasteiger partial charge in [0.05, 0.1) is 6.54 Å². The fourth-order valence-electron chi connectivity index (χ4n) is 2.26. The van der Waals surface area contributed by atoms with Crippen LogP contribution in [-0.4, -0.2) is 49.6 Å². The number of hydrogen-bond acceptors (Lipinski definition) is 4. The summed E-state index contributed by atoms with van der Waals surface area (Å²) in [5, 5.41) is 5.33. The SMILES string of the molecule is CNC(C)C1CCCN(CC(=O)NC(N)=O)C1. The fraction of sp³-hybridized carbons (Fsp3) is 0.818. The Labute approximate surface area is 102 Å². The van der Waals surface area contributed by atoms with Gasteiger partial charge in [0.2, 0.25) is 5.91 Å². The van der Waals surface area contributed by atoms with Crippen LogP contribution in [-0.2, 0) is 4.79 Å². The molecule has 6 nitrogen and oxygen atoms in total. The van der Waals surface area contributed by atoms with Crippen molar-refractivity contribution in [1.82, 2.24) is 15.5 Å². The van der Waals surface area contributed by atoms with E-state index in [4.69, 9.17) is 5.73 Å². The number of hydrogen-bond donors (Lipinski definition) is 3. The maximum Gasteiger partial charge on any atom is 0.318 e. The molecule has 3 amide bonds. The van der Waals surface area contributed by atoms with E-state index in [0.29, 0.717) is 12.0 Å². The molecule has 0 saturated carbocycles. The number of carbonyl (C=O) groups is 2. The Morgan fingerprint density at radius 1 is 1.53 bits per heavy atom. The number of urea groups is 1. The van der Waals surface area contributed by atoms with Crippen LogP contribution in [0.15, 0.2) is 0 Å². The molecule has 0 aromatic rings. The van der Waals surface area contributed by atoms with Gasteiger partial charge in [-0.3, -0.25) is 15.0 Å². The molecule has 1 aliphatic heterocycles. The molecule has 1 rings (SSSR count). The highest BCUT2D eigenvalue weighted by molar-refractivity contribution is 5.94. The van der Waals surface area contributed by atoms with Crippen LogP contribution >= 0.6 is 0 Å². The van der Waals surface area contributed by atoms with E-state index in [1.54, 1.807) is 0 Å². The molecule has 0 aromatic heterocycles. The zero-order chi connectivity index (χ0) is 12.8. The number of rotatable bonds is 4. The number of carbonyl (C=O) groups excluding carboxylic acids is 2. The molecular weight excluding hydrogens is 220 g/mol. The van der Waals surface area contributed by atoms with Gasteiger partial charge in [0.25, 0.3) is 0 Å². The lowest BCUT2D eigenvalue weighted by molar-refractivity contribution is -0.121. The number of nitrogens with one attached hydrogen (secondary N) is 2. The third-order valence-corrected chi connectivity index (χ3v) is 3.33. The van der Waals surface area contributed by atoms with Gasteiger partial charge in [0.15, 0.2) is 0 Å². The van der Waals surface area contributed by atoms with Crippen LogP contribution < -0.4 is 16.4 Å². The standard InChI is InChI=1S/C11H22N4O2/c1-8(13-2)9-4-3-5-15(6-9)7-10(16)14-11(12)17/h8-9,13H,3-7H2,1-2H3,(H3,12,14,16,17). The third kappa shape index (κ3) is 4.70. The first-order valence-electron chi connectivity index (χ1n) is 6.02. The average Bonchev–Trinajstić information content (AvgIpc) is 2.27. The molecule has 0 spiro atoms. The number of amides is 3. The Hall–Kier alpha value is -1.14. The fourth-order valence-corrected chi connectivity index (χ4v) is 2.26. The van der Waals surface area contributed by atoms with E-state index in [0.717, 1.165) is 19.5 Å². The summed E-state index contributed by atoms with van der Waals surface area (Å²) in [5.41, 5.74) is 4.90. The monoisotopic (exact) mass is 242 g/mol. The summed E-state index contributed by atoms with van der Waals surface area (Å²) >= 11 is 0. The van der Waals surface area contributed by atoms with E-state index >= 15 is 0 Å². The minimum atomic E-state index is -0.785. The molecule has 1 heterocycles. The van der Waals surface area contributed by atoms with Crippen LogP contribution in [0.5, 0.6) is 0 Å². The van der Waals surface area contributed by atoms with Gasteiger partial charge in [-0.1, -0.05) is 0 Å². The van der Waals surface area contributed by atoms with Crippen LogP contribution in [0.25, 0.3) is 0 Å². The zero-order valence-corrected chi connectivity index (χ0v) is 10.5. The van der Waals surface area contributed by atoms with E-state index in [1.165, 1.54) is 6.42 Å². The normalized spacial score (nSPS) is 23.1. The van der Waals surface area contributed by atoms with Crippen LogP contribution in [0.3, 0.4) is 0 Å². The van der Waals surface area contributed by atoms with E-state index in [1.807, 2.05) is 7.05 Å². The molecule has 1 saturated heterocycles. The van der Waals surface area contributed by atoms with Crippen molar-refractivity contribution < 1.29 is 9.59 Å². The second-order valence-corrected chi connectivity index (χ2v) is 4.63. The first-order chi connectivity index (χ1) is 8.02. The van der Waals surface area contributed by atoms with E-state index in [-0.39, 0.29) is 12.5 Å². The Bertz CT molecular complexity index is 283. The van der Waals surface area contributed by atoms with E-state index in [9.17, 15) is 9.59 Å². The van der Waals surface area contributed by atoms with Crippen LogP contribution in [0.4, 0.5) is 4.79 Å². The van der Waals surface area contributed by atoms with Crippen molar-refractivity contribution in [3.63, 3.8) is 0 Å². The van der Waals surface area contributed by atoms with Crippen molar-refractivity contribution >= 4 is 11.9 Å². The molecule has 0 aliphatic carbocycles. The quantitative estimate of drug-likeness (QED) is 0.620. The van der Waals surface area contributed by atoms with Crippen LogP contribution in [0, 0.1) is 5.92 Å². The highest BCUT2D eigenvalue weighted by Gasteiger charge is 2.24. The van der Waals surface area contributed by atoms with Crippen molar-refractivity contribution in [2.45, 2.75) is 25.8 Å². The molecular formula is C11H22N4O2. The Morgan fingerprint density at radius 3 is 2.82 bits per heavy atom. The summed E-state index contributed by atoms with van der Waals surface area (Å²) in [6, 6.07) is -0.343. The second-order valence-electron chi connectivity index (χ2n) is 4.63. The Morgan fingerprint density at radius 2 is 2.24 bits per heavy atom. The maximum atomic E-state index is 11.4. The van der Waals surface area contributed by atoms with Gasteiger partial charge in [-0.25, -0.2) is 4.79 Å². The minimum Gasteiger partial charge on any atom is -0.351 e. The summed E-state index contributed by atoms with van der Waals surface area (Å²) in [7, 11) is 1.95. The largest absolute Gasteiger partial charge is 0.351 e. The first kappa shape index (κ1) is 13.9. The predicted molar refractivity (Wildman–Crippen MR) is 65.4 cm³/mol. The number of imide groups is 1. The Kier molecular flexibility index (Phi) is 5.37. The molecule has 0 radical (unpaired) electrons. The van der Waals surface area contributed by atoms with E-state index < -0.39 is 6.03 Å². The summed E-state index contributed by atoms with van der Waals surface area (Å²) in [4.78, 5) is 24.0. The minimum absolute atomic E-state index is 0.246. The lowest BCUT2D eigenvalue weighted by atomic mass is 9.92. The molecule has 1 aliphatic rings. The molecule has 17 heavy (non-hydrogen) atoms. The zero-order valence-electron chi connectivity index (χ0n) is 10.5. The van der Waals surface area contributed by atoms with Gasteiger partial charge in [-0.05, 0) is 39.3 Å². The lowest BCUT2D eigenvalue weighted by Gasteiger charge is -2.35. The summed E-state index contributed by atoms with van der Waals surface area (Å²) < 4.78 is 0. The molecule has 2 unspecified atom stereocenters. The molecule has 98 valence electrons. The smallest absolute Gasteiger partial charge is 0.318 e. The topological polar surface area (TPSA) is 87.5 Å². The maximum absolute atomic E-state index is 11.4. The molecule has 1 fully saturated rings. The van der Waals surface area contributed by atoms with Gasteiger partial charge in [0, 0.05) is 12.6 Å². The summed E-state index contributed by atoms with van der Waals surface area (Å²) in [5.74, 6) is 0.227. The predicted octanol–water partition coefficient (Wildman–Crippen LogP) is -0.499. The van der Waals surface area contributed by atoms with Crippen molar-refractivity contribution in [2.75, 3.05) is 26.7 Å². The molecule has 0 aromatic carbocycles. The summed E-state index contributed by atoms with van der Waals surface area (Å²) in [6.45, 7) is 4.18. The van der Waals surface area contributed by atoms with Crippen LogP contribution in [0.1, 0.15) is 19.8 Å². The van der Waals surface area contributed by atoms with Gasteiger partial charge in [0.1, 0.15) is 0 Å². The second kappa shape index (κ2) is 6.56. The molecule has 6 heteroatoms. The van der Waals surface area contributed by atoms with Crippen molar-refractivity contribution in [1.29, 1.82) is 0 Å². The molecule has 2 atom stereocenters. The first-order valence-corrected chi connectivity index (χ1v) is 6.02. The number of likely N-dealkylation sites (tertiary alicyclic amines) is 1. The van der Waals surface area contributed by atoms with Gasteiger partial charge >= 0.3 is 6.03 Å². The number of piperidine rings is 1. The Balaban J connectivity index is 2.39. The molecule has 0 bridgehead atoms. The van der Waals surface area contributed by atoms with Crippen LogP contribution in [0.2, 0.25) is 0 Å². The number of nitrogens with zero attached hydrogens (tertiary/aromatic N) is 1. The summed E-state index contributed by atoms with van der Waals surface area (Å²) in [6.07, 6.45) is 2.26. The van der Waals surface area contributed by atoms with Crippen molar-refractivity contribution in [2.24, 2.45) is 11.7 Å². The van der Waals surface area contributed by atoms with Gasteiger partial charge < -0.3 is 11.1 Å². The highest BCUT2D eigenvalue weighted by Crippen LogP contribution is 2.19. The highest BCUT2D eigenvalue weighted by atomic mass is 16.2. The van der Waals surface area contributed by atoms with Crippen molar-refractivity contribution in [3.8, 4) is 0 Å². The van der Waals surface area contributed by atoms with E-state index in [2.05, 4.69) is 22.5 Å². The van der Waals surface area contributed by atoms with Gasteiger partial charge in [-0.2, -0.15) is 0 Å². The van der Waals surface area contributed by atoms with Crippen molar-refractivity contribution in [3.05, 3.63) is 0 Å². The van der Waals surface area contributed by atoms with Gasteiger partial charge in [-0.15, -0.1) is 0 Å². The molecule has 4 N–H and O–H groups in total. The number of nitrogens with two attached hydrogens (primary N) is 1. The average molecular weight is 242 g/mol. The third-order valence-electron chi connectivity index (χ3n) is 3.33. The number of primary amides is 1.